The molecule has 0 aliphatic rings. The van der Waals surface area contributed by atoms with E-state index in [0.29, 0.717) is 12.5 Å². The maximum atomic E-state index is 5.67. The van der Waals surface area contributed by atoms with E-state index in [1.807, 2.05) is 31.2 Å². The van der Waals surface area contributed by atoms with Gasteiger partial charge in [-0.1, -0.05) is 91.0 Å². The number of pyridine rings is 1. The molecule has 5 rings (SSSR count). The Morgan fingerprint density at radius 2 is 1.25 bits per heavy atom. The third-order valence-electron chi connectivity index (χ3n) is 5.64. The molecule has 0 N–H and O–H groups in total. The van der Waals surface area contributed by atoms with Crippen molar-refractivity contribution < 1.29 is 4.74 Å². The van der Waals surface area contributed by atoms with Crippen molar-refractivity contribution in [3.05, 3.63) is 124 Å². The Morgan fingerprint density at radius 1 is 0.750 bits per heavy atom. The normalized spacial score (nSPS) is 11.6. The topological polar surface area (TPSA) is 39.9 Å². The molecule has 158 valence electrons. The Morgan fingerprint density at radius 3 is 1.72 bits per heavy atom. The van der Waals surface area contributed by atoms with Gasteiger partial charge in [0.15, 0.2) is 0 Å². The summed E-state index contributed by atoms with van der Waals surface area (Å²) >= 11 is 2.27. The summed E-state index contributed by atoms with van der Waals surface area (Å²) in [4.78, 5) is 4.77. The van der Waals surface area contributed by atoms with Gasteiger partial charge in [-0.25, -0.2) is 9.67 Å². The molecule has 0 spiro atoms. The molecule has 2 heterocycles. The zero-order valence-electron chi connectivity index (χ0n) is 17.6. The van der Waals surface area contributed by atoms with E-state index >= 15 is 0 Å². The van der Waals surface area contributed by atoms with Crippen LogP contribution >= 0.6 is 22.6 Å². The number of nitrogens with zero attached hydrogens (tertiary/aromatic N) is 3. The number of ether oxygens (including phenoxy) is 1. The number of hydrogen-bond donors (Lipinski definition) is 0. The quantitative estimate of drug-likeness (QED) is 0.192. The Balaban J connectivity index is 1.92. The molecular weight excluding hydrogens is 509 g/mol. The first-order valence-corrected chi connectivity index (χ1v) is 11.7. The third kappa shape index (κ3) is 3.37. The lowest BCUT2D eigenvalue weighted by molar-refractivity contribution is 0.328. The fourth-order valence-corrected chi connectivity index (χ4v) is 4.95. The van der Waals surface area contributed by atoms with Gasteiger partial charge in [0.05, 0.1) is 12.1 Å². The minimum Gasteiger partial charge on any atom is -0.478 e. The van der Waals surface area contributed by atoms with Gasteiger partial charge in [-0.05, 0) is 52.3 Å². The molecular formula is C27H22IN3O. The summed E-state index contributed by atoms with van der Waals surface area (Å²) < 4.78 is 8.62. The monoisotopic (exact) mass is 531 g/mol. The van der Waals surface area contributed by atoms with E-state index in [9.17, 15) is 0 Å². The van der Waals surface area contributed by atoms with Gasteiger partial charge in [0.25, 0.3) is 0 Å². The van der Waals surface area contributed by atoms with Crippen molar-refractivity contribution in [3.8, 4) is 5.88 Å². The second-order valence-electron chi connectivity index (χ2n) is 7.46. The zero-order chi connectivity index (χ0) is 22.0. The fourth-order valence-electron chi connectivity index (χ4n) is 4.33. The van der Waals surface area contributed by atoms with Crippen molar-refractivity contribution in [2.75, 3.05) is 6.61 Å². The van der Waals surface area contributed by atoms with Crippen molar-refractivity contribution in [3.63, 3.8) is 0 Å². The summed E-state index contributed by atoms with van der Waals surface area (Å²) in [6.07, 6.45) is 0. The van der Waals surface area contributed by atoms with Crippen LogP contribution in [0.2, 0.25) is 0 Å². The van der Waals surface area contributed by atoms with Crippen LogP contribution in [0.3, 0.4) is 0 Å². The van der Waals surface area contributed by atoms with Gasteiger partial charge in [0, 0.05) is 6.07 Å². The van der Waals surface area contributed by atoms with Crippen molar-refractivity contribution in [1.29, 1.82) is 0 Å². The van der Waals surface area contributed by atoms with E-state index < -0.39 is 5.54 Å². The highest BCUT2D eigenvalue weighted by Gasteiger charge is 2.40. The second-order valence-corrected chi connectivity index (χ2v) is 8.48. The Kier molecular flexibility index (Phi) is 5.66. The maximum absolute atomic E-state index is 5.67. The molecule has 3 aromatic carbocycles. The van der Waals surface area contributed by atoms with Gasteiger partial charge in [0.1, 0.15) is 14.8 Å². The van der Waals surface area contributed by atoms with E-state index in [4.69, 9.17) is 14.8 Å². The van der Waals surface area contributed by atoms with Crippen LogP contribution in [0.25, 0.3) is 11.0 Å². The van der Waals surface area contributed by atoms with Crippen molar-refractivity contribution in [1.82, 2.24) is 14.8 Å². The molecule has 0 saturated heterocycles. The average molecular weight is 531 g/mol. The predicted octanol–water partition coefficient (Wildman–Crippen LogP) is 6.27. The van der Waals surface area contributed by atoms with E-state index in [1.165, 1.54) is 0 Å². The Hall–Kier alpha value is -3.19. The number of aromatic nitrogens is 3. The summed E-state index contributed by atoms with van der Waals surface area (Å²) in [5, 5.41) is 5.08. The molecule has 0 saturated carbocycles. The van der Waals surface area contributed by atoms with Crippen LogP contribution in [0.15, 0.2) is 103 Å². The van der Waals surface area contributed by atoms with Crippen molar-refractivity contribution in [2.24, 2.45) is 0 Å². The molecule has 0 aliphatic carbocycles. The number of hydrogen-bond acceptors (Lipinski definition) is 3. The van der Waals surface area contributed by atoms with E-state index in [0.717, 1.165) is 31.4 Å². The number of fused-ring (bicyclic) bond motifs is 1. The van der Waals surface area contributed by atoms with Crippen LogP contribution in [0.5, 0.6) is 5.88 Å². The maximum Gasteiger partial charge on any atom is 0.213 e. The van der Waals surface area contributed by atoms with Gasteiger partial charge in [0.2, 0.25) is 5.88 Å². The van der Waals surface area contributed by atoms with Gasteiger partial charge in [-0.15, -0.1) is 0 Å². The standard InChI is InChI=1S/C27H22IN3O/c1-2-32-24-19-18-23-25(29-24)26(28)30-31(23)27(20-12-6-3-7-13-20,21-14-8-4-9-15-21)22-16-10-5-11-17-22/h3-19H,2H2,1H3. The molecule has 0 unspecified atom stereocenters. The summed E-state index contributed by atoms with van der Waals surface area (Å²) in [5.41, 5.74) is 4.52. The van der Waals surface area contributed by atoms with Crippen LogP contribution in [0, 0.1) is 3.70 Å². The molecule has 0 atom stereocenters. The SMILES string of the molecule is CCOc1ccc2c(n1)c(I)nn2C(c1ccccc1)(c1ccccc1)c1ccccc1. The molecule has 0 aliphatic heterocycles. The van der Waals surface area contributed by atoms with Gasteiger partial charge in [-0.2, -0.15) is 5.10 Å². The summed E-state index contributed by atoms with van der Waals surface area (Å²) in [7, 11) is 0. The highest BCUT2D eigenvalue weighted by molar-refractivity contribution is 14.1. The summed E-state index contributed by atoms with van der Waals surface area (Å²) in [5.74, 6) is 0.613. The minimum absolute atomic E-state index is 0.575. The first kappa shape index (κ1) is 20.7. The predicted molar refractivity (Wildman–Crippen MR) is 136 cm³/mol. The Labute approximate surface area is 201 Å². The van der Waals surface area contributed by atoms with Gasteiger partial charge < -0.3 is 4.74 Å². The Bertz CT molecular complexity index is 1240. The number of halogens is 1. The number of rotatable bonds is 6. The fraction of sp³-hybridized carbons (Fsp3) is 0.111. The van der Waals surface area contributed by atoms with Crippen LogP contribution in [-0.2, 0) is 5.54 Å². The van der Waals surface area contributed by atoms with Gasteiger partial charge >= 0.3 is 0 Å². The first-order valence-electron chi connectivity index (χ1n) is 10.6. The molecule has 0 fully saturated rings. The molecule has 32 heavy (non-hydrogen) atoms. The minimum atomic E-state index is -0.666. The van der Waals surface area contributed by atoms with Crippen LogP contribution < -0.4 is 4.74 Å². The van der Waals surface area contributed by atoms with E-state index in [-0.39, 0.29) is 0 Å². The lowest BCUT2D eigenvalue weighted by atomic mass is 9.77. The summed E-state index contributed by atoms with van der Waals surface area (Å²) in [6, 6.07) is 35.6. The molecule has 0 radical (unpaired) electrons. The lowest BCUT2D eigenvalue weighted by Gasteiger charge is -2.36. The second kappa shape index (κ2) is 8.74. The highest BCUT2D eigenvalue weighted by atomic mass is 127. The molecule has 5 aromatic rings. The lowest BCUT2D eigenvalue weighted by Crippen LogP contribution is -2.38. The van der Waals surface area contributed by atoms with Crippen LogP contribution in [-0.4, -0.2) is 21.4 Å². The number of benzene rings is 3. The molecule has 5 heteroatoms. The molecule has 2 aromatic heterocycles. The highest BCUT2D eigenvalue weighted by Crippen LogP contribution is 2.42. The third-order valence-corrected chi connectivity index (χ3v) is 6.37. The molecule has 0 bridgehead atoms. The average Bonchev–Trinajstić information content (AvgIpc) is 3.18. The van der Waals surface area contributed by atoms with Crippen molar-refractivity contribution in [2.45, 2.75) is 12.5 Å². The van der Waals surface area contributed by atoms with E-state index in [2.05, 4.69) is 106 Å². The van der Waals surface area contributed by atoms with E-state index in [1.54, 1.807) is 0 Å². The largest absolute Gasteiger partial charge is 0.478 e. The molecule has 4 nitrogen and oxygen atoms in total. The smallest absolute Gasteiger partial charge is 0.213 e. The summed E-state index contributed by atoms with van der Waals surface area (Å²) in [6.45, 7) is 2.54. The molecule has 0 amide bonds. The zero-order valence-corrected chi connectivity index (χ0v) is 19.8. The van der Waals surface area contributed by atoms with Crippen molar-refractivity contribution >= 4 is 33.6 Å². The van der Waals surface area contributed by atoms with Crippen LogP contribution in [0.4, 0.5) is 0 Å². The van der Waals surface area contributed by atoms with Crippen LogP contribution in [0.1, 0.15) is 23.6 Å². The van der Waals surface area contributed by atoms with Gasteiger partial charge in [-0.3, -0.25) is 0 Å². The first-order chi connectivity index (χ1) is 15.7.